The second kappa shape index (κ2) is 6.84. The SMILES string of the molecule is CC(C)(C)c1ccc(=O)n(CC2CCCN2CCn2ccnn2)n1. The van der Waals surface area contributed by atoms with Gasteiger partial charge >= 0.3 is 0 Å². The summed E-state index contributed by atoms with van der Waals surface area (Å²) in [5.41, 5.74) is 0.873. The highest BCUT2D eigenvalue weighted by atomic mass is 16.1. The molecule has 3 heterocycles. The third kappa shape index (κ3) is 3.90. The van der Waals surface area contributed by atoms with Gasteiger partial charge in [-0.2, -0.15) is 5.10 Å². The molecular formula is C17H26N6O. The molecule has 1 aliphatic rings. The third-order valence-corrected chi connectivity index (χ3v) is 4.61. The number of nitrogens with zero attached hydrogens (tertiary/aromatic N) is 6. The fourth-order valence-corrected chi connectivity index (χ4v) is 3.16. The van der Waals surface area contributed by atoms with Crippen molar-refractivity contribution in [2.75, 3.05) is 13.1 Å². The second-order valence-corrected chi connectivity index (χ2v) is 7.49. The first-order chi connectivity index (χ1) is 11.4. The lowest BCUT2D eigenvalue weighted by molar-refractivity contribution is 0.212. The molecule has 0 spiro atoms. The quantitative estimate of drug-likeness (QED) is 0.826. The van der Waals surface area contributed by atoms with E-state index in [0.717, 1.165) is 38.2 Å². The van der Waals surface area contributed by atoms with Crippen molar-refractivity contribution in [2.45, 2.75) is 58.2 Å². The molecule has 0 bridgehead atoms. The van der Waals surface area contributed by atoms with Gasteiger partial charge in [0.25, 0.3) is 5.56 Å². The van der Waals surface area contributed by atoms with Crippen LogP contribution in [0.25, 0.3) is 0 Å². The lowest BCUT2D eigenvalue weighted by Gasteiger charge is -2.25. The predicted octanol–water partition coefficient (Wildman–Crippen LogP) is 1.30. The van der Waals surface area contributed by atoms with Crippen LogP contribution in [0.3, 0.4) is 0 Å². The Bertz CT molecular complexity index is 715. The normalized spacial score (nSPS) is 19.0. The van der Waals surface area contributed by atoms with E-state index in [-0.39, 0.29) is 11.0 Å². The van der Waals surface area contributed by atoms with Crippen LogP contribution in [0.2, 0.25) is 0 Å². The molecule has 2 aromatic heterocycles. The molecule has 0 aromatic carbocycles. The van der Waals surface area contributed by atoms with E-state index in [4.69, 9.17) is 0 Å². The fraction of sp³-hybridized carbons (Fsp3) is 0.647. The minimum absolute atomic E-state index is 0.0221. The molecule has 0 saturated carbocycles. The molecule has 1 unspecified atom stereocenters. The minimum Gasteiger partial charge on any atom is -0.297 e. The number of hydrogen-bond acceptors (Lipinski definition) is 5. The Morgan fingerprint density at radius 3 is 2.79 bits per heavy atom. The molecule has 2 aromatic rings. The van der Waals surface area contributed by atoms with Crippen LogP contribution in [-0.4, -0.2) is 48.8 Å². The molecule has 3 rings (SSSR count). The molecule has 0 amide bonds. The number of aromatic nitrogens is 5. The van der Waals surface area contributed by atoms with Crippen molar-refractivity contribution in [2.24, 2.45) is 0 Å². The highest BCUT2D eigenvalue weighted by Gasteiger charge is 2.26. The Morgan fingerprint density at radius 2 is 2.08 bits per heavy atom. The van der Waals surface area contributed by atoms with Gasteiger partial charge in [0.05, 0.1) is 25.0 Å². The Kier molecular flexibility index (Phi) is 4.80. The van der Waals surface area contributed by atoms with Gasteiger partial charge in [0.1, 0.15) is 0 Å². The molecule has 7 nitrogen and oxygen atoms in total. The van der Waals surface area contributed by atoms with Crippen LogP contribution in [0.15, 0.2) is 29.3 Å². The summed E-state index contributed by atoms with van der Waals surface area (Å²) in [6, 6.07) is 3.84. The van der Waals surface area contributed by atoms with Gasteiger partial charge in [0.15, 0.2) is 0 Å². The van der Waals surface area contributed by atoms with Gasteiger partial charge in [-0.25, -0.2) is 4.68 Å². The molecule has 1 saturated heterocycles. The number of hydrogen-bond donors (Lipinski definition) is 0. The molecule has 0 radical (unpaired) electrons. The predicted molar refractivity (Wildman–Crippen MR) is 91.8 cm³/mol. The van der Waals surface area contributed by atoms with Gasteiger partial charge in [0.2, 0.25) is 0 Å². The standard InChI is InChI=1S/C17H26N6O/c1-17(2,3)15-6-7-16(24)23(19-15)13-14-5-4-9-21(14)11-12-22-10-8-18-20-22/h6-8,10,14H,4-5,9,11-13H2,1-3H3. The van der Waals surface area contributed by atoms with Crippen molar-refractivity contribution < 1.29 is 0 Å². The van der Waals surface area contributed by atoms with Gasteiger partial charge in [-0.3, -0.25) is 14.4 Å². The van der Waals surface area contributed by atoms with Gasteiger partial charge in [0, 0.05) is 30.3 Å². The summed E-state index contributed by atoms with van der Waals surface area (Å²) in [5, 5.41) is 12.5. The summed E-state index contributed by atoms with van der Waals surface area (Å²) in [6.45, 7) is 9.80. The van der Waals surface area contributed by atoms with E-state index < -0.39 is 0 Å². The van der Waals surface area contributed by atoms with E-state index in [9.17, 15) is 4.79 Å². The van der Waals surface area contributed by atoms with Crippen molar-refractivity contribution in [3.05, 3.63) is 40.6 Å². The molecular weight excluding hydrogens is 304 g/mol. The minimum atomic E-state index is -0.0576. The van der Waals surface area contributed by atoms with Crippen LogP contribution in [0.5, 0.6) is 0 Å². The zero-order chi connectivity index (χ0) is 17.2. The summed E-state index contributed by atoms with van der Waals surface area (Å²) >= 11 is 0. The third-order valence-electron chi connectivity index (χ3n) is 4.61. The average molecular weight is 330 g/mol. The summed E-state index contributed by atoms with van der Waals surface area (Å²) in [5.74, 6) is 0. The summed E-state index contributed by atoms with van der Waals surface area (Å²) in [7, 11) is 0. The smallest absolute Gasteiger partial charge is 0.266 e. The molecule has 1 fully saturated rings. The topological polar surface area (TPSA) is 68.8 Å². The maximum Gasteiger partial charge on any atom is 0.266 e. The van der Waals surface area contributed by atoms with E-state index in [1.807, 2.05) is 16.9 Å². The van der Waals surface area contributed by atoms with Crippen molar-refractivity contribution in [3.8, 4) is 0 Å². The van der Waals surface area contributed by atoms with Crippen molar-refractivity contribution in [1.82, 2.24) is 29.7 Å². The molecule has 24 heavy (non-hydrogen) atoms. The highest BCUT2D eigenvalue weighted by Crippen LogP contribution is 2.20. The first kappa shape index (κ1) is 16.8. The lowest BCUT2D eigenvalue weighted by Crippen LogP contribution is -2.39. The number of likely N-dealkylation sites (tertiary alicyclic amines) is 1. The molecule has 130 valence electrons. The first-order valence-corrected chi connectivity index (χ1v) is 8.60. The number of rotatable bonds is 5. The van der Waals surface area contributed by atoms with E-state index >= 15 is 0 Å². The second-order valence-electron chi connectivity index (χ2n) is 7.49. The van der Waals surface area contributed by atoms with E-state index in [1.54, 1.807) is 16.9 Å². The monoisotopic (exact) mass is 330 g/mol. The van der Waals surface area contributed by atoms with Crippen LogP contribution in [0, 0.1) is 0 Å². The largest absolute Gasteiger partial charge is 0.297 e. The van der Waals surface area contributed by atoms with Crippen molar-refractivity contribution in [3.63, 3.8) is 0 Å². The Balaban J connectivity index is 1.69. The van der Waals surface area contributed by atoms with E-state index in [1.165, 1.54) is 0 Å². The van der Waals surface area contributed by atoms with Gasteiger partial charge in [-0.1, -0.05) is 26.0 Å². The van der Waals surface area contributed by atoms with Crippen LogP contribution in [-0.2, 0) is 18.5 Å². The molecule has 1 aliphatic heterocycles. The molecule has 7 heteroatoms. The van der Waals surface area contributed by atoms with Gasteiger partial charge in [-0.05, 0) is 25.5 Å². The van der Waals surface area contributed by atoms with Crippen LogP contribution in [0.1, 0.15) is 39.3 Å². The fourth-order valence-electron chi connectivity index (χ4n) is 3.16. The van der Waals surface area contributed by atoms with Gasteiger partial charge in [-0.15, -0.1) is 5.10 Å². The average Bonchev–Trinajstić information content (AvgIpc) is 3.17. The summed E-state index contributed by atoms with van der Waals surface area (Å²) in [4.78, 5) is 14.6. The highest BCUT2D eigenvalue weighted by molar-refractivity contribution is 5.10. The first-order valence-electron chi connectivity index (χ1n) is 8.60. The Hall–Kier alpha value is -2.02. The van der Waals surface area contributed by atoms with Crippen molar-refractivity contribution in [1.29, 1.82) is 0 Å². The zero-order valence-electron chi connectivity index (χ0n) is 14.7. The Morgan fingerprint density at radius 1 is 1.25 bits per heavy atom. The lowest BCUT2D eigenvalue weighted by atomic mass is 9.92. The summed E-state index contributed by atoms with van der Waals surface area (Å²) in [6.07, 6.45) is 5.84. The molecule has 0 N–H and O–H groups in total. The van der Waals surface area contributed by atoms with E-state index in [2.05, 4.69) is 41.1 Å². The molecule has 1 atom stereocenters. The summed E-state index contributed by atoms with van der Waals surface area (Å²) < 4.78 is 3.49. The Labute approximate surface area is 142 Å². The van der Waals surface area contributed by atoms with Crippen LogP contribution >= 0.6 is 0 Å². The van der Waals surface area contributed by atoms with Gasteiger partial charge < -0.3 is 0 Å². The maximum atomic E-state index is 12.2. The maximum absolute atomic E-state index is 12.2. The van der Waals surface area contributed by atoms with Crippen LogP contribution < -0.4 is 5.56 Å². The van der Waals surface area contributed by atoms with Crippen molar-refractivity contribution >= 4 is 0 Å². The van der Waals surface area contributed by atoms with Crippen LogP contribution in [0.4, 0.5) is 0 Å². The molecule has 0 aliphatic carbocycles. The zero-order valence-corrected chi connectivity index (χ0v) is 14.7. The van der Waals surface area contributed by atoms with E-state index in [0.29, 0.717) is 12.6 Å².